The molecule has 0 atom stereocenters. The normalized spacial score (nSPS) is 13.3. The van der Waals surface area contributed by atoms with Crippen LogP contribution in [0, 0.1) is 11.3 Å². The van der Waals surface area contributed by atoms with Crippen LogP contribution in [-0.2, 0) is 17.6 Å². The molecule has 9 heteroatoms. The van der Waals surface area contributed by atoms with Crippen LogP contribution in [0.2, 0.25) is 0 Å². The van der Waals surface area contributed by atoms with Crippen LogP contribution in [0.15, 0.2) is 51.7 Å². The molecule has 6 nitrogen and oxygen atoms in total. The summed E-state index contributed by atoms with van der Waals surface area (Å²) < 4.78 is 1.56. The average Bonchev–Trinajstić information content (AvgIpc) is 3.35. The van der Waals surface area contributed by atoms with E-state index in [0.29, 0.717) is 31.6 Å². The van der Waals surface area contributed by atoms with Gasteiger partial charge in [-0.05, 0) is 54.8 Å². The van der Waals surface area contributed by atoms with Gasteiger partial charge in [0.1, 0.15) is 15.9 Å². The monoisotopic (exact) mass is 492 g/mol. The molecule has 0 spiro atoms. The van der Waals surface area contributed by atoms with Gasteiger partial charge in [-0.3, -0.25) is 14.2 Å². The topological polar surface area (TPSA) is 87.8 Å². The Kier molecular flexibility index (Phi) is 6.31. The number of rotatable bonds is 5. The standard InChI is InChI=1S/C24H20N4O2S3/c25-13-18-16-9-5-2-6-10-19(16)33-22(18)26-20(29)14-32-24-27-21-17(11-12-31-21)23(30)28(24)15-7-3-1-4-8-15/h1,3-4,7-8,11-12H,2,5-6,9-10,14H2,(H,26,29). The van der Waals surface area contributed by atoms with Gasteiger partial charge in [0.15, 0.2) is 5.16 Å². The summed E-state index contributed by atoms with van der Waals surface area (Å²) in [4.78, 5) is 32.5. The summed E-state index contributed by atoms with van der Waals surface area (Å²) >= 11 is 4.15. The highest BCUT2D eigenvalue weighted by molar-refractivity contribution is 7.99. The highest BCUT2D eigenvalue weighted by Crippen LogP contribution is 2.37. The lowest BCUT2D eigenvalue weighted by molar-refractivity contribution is -0.113. The molecule has 0 radical (unpaired) electrons. The van der Waals surface area contributed by atoms with Gasteiger partial charge >= 0.3 is 0 Å². The van der Waals surface area contributed by atoms with Crippen molar-refractivity contribution in [1.29, 1.82) is 5.26 Å². The van der Waals surface area contributed by atoms with Crippen LogP contribution < -0.4 is 10.9 Å². The summed E-state index contributed by atoms with van der Waals surface area (Å²) in [6.07, 6.45) is 5.24. The average molecular weight is 493 g/mol. The largest absolute Gasteiger partial charge is 0.316 e. The lowest BCUT2D eigenvalue weighted by Crippen LogP contribution is -2.22. The lowest BCUT2D eigenvalue weighted by atomic mass is 10.1. The van der Waals surface area contributed by atoms with E-state index in [2.05, 4.69) is 16.4 Å². The molecule has 0 saturated carbocycles. The molecule has 0 saturated heterocycles. The number of nitrogens with one attached hydrogen (secondary N) is 1. The van der Waals surface area contributed by atoms with Gasteiger partial charge in [-0.1, -0.05) is 36.4 Å². The highest BCUT2D eigenvalue weighted by Gasteiger charge is 2.21. The third kappa shape index (κ3) is 4.34. The molecule has 5 rings (SSSR count). The van der Waals surface area contributed by atoms with Crippen molar-refractivity contribution in [2.45, 2.75) is 37.3 Å². The van der Waals surface area contributed by atoms with E-state index in [-0.39, 0.29) is 17.2 Å². The van der Waals surface area contributed by atoms with Crippen LogP contribution in [0.1, 0.15) is 35.3 Å². The maximum absolute atomic E-state index is 13.2. The Hall–Kier alpha value is -2.93. The van der Waals surface area contributed by atoms with Crippen LogP contribution >= 0.6 is 34.4 Å². The lowest BCUT2D eigenvalue weighted by Gasteiger charge is -2.12. The molecule has 1 N–H and O–H groups in total. The molecular weight excluding hydrogens is 472 g/mol. The van der Waals surface area contributed by atoms with Gasteiger partial charge in [0, 0.05) is 4.88 Å². The first-order chi connectivity index (χ1) is 16.2. The SMILES string of the molecule is N#Cc1c(NC(=O)CSc2nc3sccc3c(=O)n2-c2ccccc2)sc2c1CCCCC2. The van der Waals surface area contributed by atoms with Crippen LogP contribution in [0.5, 0.6) is 0 Å². The summed E-state index contributed by atoms with van der Waals surface area (Å²) in [6.45, 7) is 0. The fourth-order valence-electron chi connectivity index (χ4n) is 4.04. The zero-order valence-corrected chi connectivity index (χ0v) is 20.1. The summed E-state index contributed by atoms with van der Waals surface area (Å²) in [7, 11) is 0. The van der Waals surface area contributed by atoms with Gasteiger partial charge < -0.3 is 5.32 Å². The second-order valence-electron chi connectivity index (χ2n) is 7.73. The predicted octanol–water partition coefficient (Wildman–Crippen LogP) is 5.38. The van der Waals surface area contributed by atoms with E-state index in [1.807, 2.05) is 35.7 Å². The van der Waals surface area contributed by atoms with Crippen molar-refractivity contribution in [2.75, 3.05) is 11.1 Å². The second-order valence-corrected chi connectivity index (χ2v) is 10.7. The quantitative estimate of drug-likeness (QED) is 0.230. The van der Waals surface area contributed by atoms with Crippen LogP contribution in [-0.4, -0.2) is 21.2 Å². The molecular formula is C24H20N4O2S3. The van der Waals surface area contributed by atoms with E-state index >= 15 is 0 Å². The zero-order chi connectivity index (χ0) is 22.8. The molecule has 3 heterocycles. The number of thiophene rings is 2. The number of anilines is 1. The van der Waals surface area contributed by atoms with E-state index in [1.165, 1.54) is 45.7 Å². The van der Waals surface area contributed by atoms with Crippen molar-refractivity contribution >= 4 is 55.6 Å². The first-order valence-electron chi connectivity index (χ1n) is 10.7. The molecule has 1 aliphatic rings. The van der Waals surface area contributed by atoms with E-state index in [4.69, 9.17) is 0 Å². The minimum Gasteiger partial charge on any atom is -0.316 e. The summed E-state index contributed by atoms with van der Waals surface area (Å²) in [5, 5.41) is 16.2. The number of para-hydroxylation sites is 1. The summed E-state index contributed by atoms with van der Waals surface area (Å²) in [6, 6.07) is 13.4. The third-order valence-electron chi connectivity index (χ3n) is 5.60. The van der Waals surface area contributed by atoms with Crippen molar-refractivity contribution in [3.05, 3.63) is 68.1 Å². The molecule has 1 amide bonds. The Morgan fingerprint density at radius 3 is 2.82 bits per heavy atom. The first-order valence-corrected chi connectivity index (χ1v) is 13.4. The number of thioether (sulfide) groups is 1. The molecule has 3 aromatic heterocycles. The van der Waals surface area contributed by atoms with Gasteiger partial charge in [0.25, 0.3) is 5.56 Å². The van der Waals surface area contributed by atoms with Crippen LogP contribution in [0.3, 0.4) is 0 Å². The first kappa shape index (κ1) is 21.9. The number of fused-ring (bicyclic) bond motifs is 2. The van der Waals surface area contributed by atoms with Crippen LogP contribution in [0.4, 0.5) is 5.00 Å². The minimum atomic E-state index is -0.215. The number of aryl methyl sites for hydroxylation is 1. The number of hydrogen-bond donors (Lipinski definition) is 1. The van der Waals surface area contributed by atoms with Crippen molar-refractivity contribution in [2.24, 2.45) is 0 Å². The minimum absolute atomic E-state index is 0.0869. The third-order valence-corrected chi connectivity index (χ3v) is 8.55. The van der Waals surface area contributed by atoms with Gasteiger partial charge in [-0.2, -0.15) is 5.26 Å². The van der Waals surface area contributed by atoms with E-state index < -0.39 is 0 Å². The Bertz CT molecular complexity index is 1430. The van der Waals surface area contributed by atoms with Crippen molar-refractivity contribution < 1.29 is 4.79 Å². The van der Waals surface area contributed by atoms with Gasteiger partial charge in [-0.15, -0.1) is 22.7 Å². The second kappa shape index (κ2) is 9.51. The fraction of sp³-hybridized carbons (Fsp3) is 0.250. The van der Waals surface area contributed by atoms with E-state index in [9.17, 15) is 14.9 Å². The molecule has 1 aliphatic carbocycles. The van der Waals surface area contributed by atoms with Crippen LogP contribution in [0.25, 0.3) is 15.9 Å². The van der Waals surface area contributed by atoms with E-state index in [1.54, 1.807) is 10.6 Å². The number of nitrogens with zero attached hydrogens (tertiary/aromatic N) is 3. The maximum Gasteiger partial charge on any atom is 0.267 e. The number of hydrogen-bond acceptors (Lipinski definition) is 7. The number of carbonyl (C=O) groups is 1. The molecule has 166 valence electrons. The molecule has 33 heavy (non-hydrogen) atoms. The molecule has 0 bridgehead atoms. The Balaban J connectivity index is 1.40. The summed E-state index contributed by atoms with van der Waals surface area (Å²) in [5.74, 6) is -0.128. The Labute approximate surface area is 202 Å². The van der Waals surface area contributed by atoms with E-state index in [0.717, 1.165) is 31.2 Å². The van der Waals surface area contributed by atoms with Crippen molar-refractivity contribution in [3.63, 3.8) is 0 Å². The van der Waals surface area contributed by atoms with Gasteiger partial charge in [0.2, 0.25) is 5.91 Å². The number of benzene rings is 1. The molecule has 1 aromatic carbocycles. The highest BCUT2D eigenvalue weighted by atomic mass is 32.2. The molecule has 0 fully saturated rings. The molecule has 4 aromatic rings. The summed E-state index contributed by atoms with van der Waals surface area (Å²) in [5.41, 5.74) is 2.27. The van der Waals surface area contributed by atoms with Gasteiger partial charge in [-0.25, -0.2) is 4.98 Å². The zero-order valence-electron chi connectivity index (χ0n) is 17.7. The number of aromatic nitrogens is 2. The number of carbonyl (C=O) groups excluding carboxylic acids is 1. The smallest absolute Gasteiger partial charge is 0.267 e. The van der Waals surface area contributed by atoms with Gasteiger partial charge in [0.05, 0.1) is 22.4 Å². The predicted molar refractivity (Wildman–Crippen MR) is 135 cm³/mol. The Morgan fingerprint density at radius 2 is 2.00 bits per heavy atom. The molecule has 0 aliphatic heterocycles. The molecule has 0 unspecified atom stereocenters. The number of amides is 1. The maximum atomic E-state index is 13.2. The van der Waals surface area contributed by atoms with Crippen molar-refractivity contribution in [1.82, 2.24) is 9.55 Å². The number of nitriles is 1. The fourth-order valence-corrected chi connectivity index (χ4v) is 6.91. The Morgan fingerprint density at radius 1 is 1.18 bits per heavy atom. The van der Waals surface area contributed by atoms with Crippen molar-refractivity contribution in [3.8, 4) is 11.8 Å².